The zero-order valence-electron chi connectivity index (χ0n) is 8.01. The second-order valence-corrected chi connectivity index (χ2v) is 3.61. The van der Waals surface area contributed by atoms with Gasteiger partial charge in [-0.15, -0.1) is 0 Å². The van der Waals surface area contributed by atoms with E-state index < -0.39 is 0 Å². The van der Waals surface area contributed by atoms with Crippen molar-refractivity contribution in [3.8, 4) is 0 Å². The molecule has 0 aliphatic carbocycles. The summed E-state index contributed by atoms with van der Waals surface area (Å²) in [7, 11) is 0. The standard InChI is InChI=1S/C10H21N/c1-9(2)5-4-6-10(3)7-8-11/h4,6,9-10H,5,7-8,11H2,1-3H3. The van der Waals surface area contributed by atoms with Gasteiger partial charge < -0.3 is 5.73 Å². The minimum Gasteiger partial charge on any atom is -0.330 e. The Morgan fingerprint density at radius 2 is 1.91 bits per heavy atom. The normalized spacial score (nSPS) is 14.6. The van der Waals surface area contributed by atoms with Crippen molar-refractivity contribution < 1.29 is 0 Å². The van der Waals surface area contributed by atoms with Crippen LogP contribution >= 0.6 is 0 Å². The fraction of sp³-hybridized carbons (Fsp3) is 0.800. The van der Waals surface area contributed by atoms with Crippen molar-refractivity contribution in [3.63, 3.8) is 0 Å². The van der Waals surface area contributed by atoms with E-state index in [0.29, 0.717) is 5.92 Å². The molecule has 0 radical (unpaired) electrons. The highest BCUT2D eigenvalue weighted by molar-refractivity contribution is 4.86. The van der Waals surface area contributed by atoms with Crippen molar-refractivity contribution in [3.05, 3.63) is 12.2 Å². The Balaban J connectivity index is 3.39. The fourth-order valence-electron chi connectivity index (χ4n) is 0.942. The van der Waals surface area contributed by atoms with E-state index in [1.807, 2.05) is 0 Å². The Bertz CT molecular complexity index is 105. The minimum atomic E-state index is 0.652. The minimum absolute atomic E-state index is 0.652. The summed E-state index contributed by atoms with van der Waals surface area (Å²) in [5.74, 6) is 1.43. The van der Waals surface area contributed by atoms with Crippen molar-refractivity contribution in [2.45, 2.75) is 33.6 Å². The first-order valence-corrected chi connectivity index (χ1v) is 4.53. The average molecular weight is 155 g/mol. The monoisotopic (exact) mass is 155 g/mol. The van der Waals surface area contributed by atoms with Gasteiger partial charge in [0.15, 0.2) is 0 Å². The van der Waals surface area contributed by atoms with E-state index in [0.717, 1.165) is 18.9 Å². The van der Waals surface area contributed by atoms with E-state index in [1.165, 1.54) is 6.42 Å². The molecule has 0 aromatic carbocycles. The van der Waals surface area contributed by atoms with Crippen LogP contribution in [0.25, 0.3) is 0 Å². The SMILES string of the molecule is CC(C)CC=CC(C)CCN. The van der Waals surface area contributed by atoms with Gasteiger partial charge in [-0.25, -0.2) is 0 Å². The molecule has 0 aromatic rings. The highest BCUT2D eigenvalue weighted by atomic mass is 14.5. The van der Waals surface area contributed by atoms with E-state index in [1.54, 1.807) is 0 Å². The largest absolute Gasteiger partial charge is 0.330 e. The lowest BCUT2D eigenvalue weighted by molar-refractivity contribution is 0.635. The first-order valence-electron chi connectivity index (χ1n) is 4.53. The van der Waals surface area contributed by atoms with Crippen molar-refractivity contribution in [2.24, 2.45) is 17.6 Å². The molecule has 1 nitrogen and oxygen atoms in total. The van der Waals surface area contributed by atoms with Crippen LogP contribution in [0.5, 0.6) is 0 Å². The number of allylic oxidation sites excluding steroid dienone is 2. The molecule has 11 heavy (non-hydrogen) atoms. The lowest BCUT2D eigenvalue weighted by Crippen LogP contribution is -2.03. The van der Waals surface area contributed by atoms with Gasteiger partial charge in [-0.3, -0.25) is 0 Å². The van der Waals surface area contributed by atoms with Crippen molar-refractivity contribution in [1.29, 1.82) is 0 Å². The zero-order valence-corrected chi connectivity index (χ0v) is 8.01. The molecule has 0 spiro atoms. The van der Waals surface area contributed by atoms with Gasteiger partial charge in [-0.1, -0.05) is 32.9 Å². The predicted octanol–water partition coefficient (Wildman–Crippen LogP) is 2.57. The number of rotatable bonds is 5. The lowest BCUT2D eigenvalue weighted by Gasteiger charge is -2.03. The van der Waals surface area contributed by atoms with Crippen LogP contribution in [0.15, 0.2) is 12.2 Å². The summed E-state index contributed by atoms with van der Waals surface area (Å²) < 4.78 is 0. The van der Waals surface area contributed by atoms with Crippen molar-refractivity contribution in [2.75, 3.05) is 6.54 Å². The van der Waals surface area contributed by atoms with Crippen LogP contribution in [0.3, 0.4) is 0 Å². The van der Waals surface area contributed by atoms with Gasteiger partial charge in [0.1, 0.15) is 0 Å². The van der Waals surface area contributed by atoms with Gasteiger partial charge in [0.2, 0.25) is 0 Å². The van der Waals surface area contributed by atoms with Crippen LogP contribution in [-0.2, 0) is 0 Å². The molecule has 0 fully saturated rings. The summed E-state index contributed by atoms with van der Waals surface area (Å²) in [6, 6.07) is 0. The molecule has 0 saturated heterocycles. The Hall–Kier alpha value is -0.300. The van der Waals surface area contributed by atoms with Gasteiger partial charge in [0.05, 0.1) is 0 Å². The molecule has 1 unspecified atom stereocenters. The van der Waals surface area contributed by atoms with E-state index in [4.69, 9.17) is 5.73 Å². The summed E-state index contributed by atoms with van der Waals surface area (Å²) in [5, 5.41) is 0. The summed E-state index contributed by atoms with van der Waals surface area (Å²) in [5.41, 5.74) is 5.43. The Morgan fingerprint density at radius 3 is 2.36 bits per heavy atom. The van der Waals surface area contributed by atoms with Crippen LogP contribution < -0.4 is 5.73 Å². The maximum Gasteiger partial charge on any atom is -0.00718 e. The summed E-state index contributed by atoms with van der Waals surface area (Å²) in [4.78, 5) is 0. The van der Waals surface area contributed by atoms with Gasteiger partial charge in [-0.2, -0.15) is 0 Å². The van der Waals surface area contributed by atoms with Gasteiger partial charge in [-0.05, 0) is 31.2 Å². The molecule has 0 saturated carbocycles. The van der Waals surface area contributed by atoms with Crippen molar-refractivity contribution >= 4 is 0 Å². The van der Waals surface area contributed by atoms with Gasteiger partial charge in [0.25, 0.3) is 0 Å². The van der Waals surface area contributed by atoms with Crippen LogP contribution in [0.2, 0.25) is 0 Å². The molecule has 1 atom stereocenters. The number of nitrogens with two attached hydrogens (primary N) is 1. The molecule has 0 aliphatic heterocycles. The third kappa shape index (κ3) is 7.60. The molecule has 0 bridgehead atoms. The number of hydrogen-bond donors (Lipinski definition) is 1. The molecular formula is C10H21N. The third-order valence-electron chi connectivity index (χ3n) is 1.69. The second kappa shape index (κ2) is 6.41. The Labute approximate surface area is 70.7 Å². The van der Waals surface area contributed by atoms with Crippen LogP contribution in [-0.4, -0.2) is 6.54 Å². The molecule has 1 heteroatoms. The van der Waals surface area contributed by atoms with E-state index in [9.17, 15) is 0 Å². The summed E-state index contributed by atoms with van der Waals surface area (Å²) >= 11 is 0. The molecule has 0 heterocycles. The topological polar surface area (TPSA) is 26.0 Å². The molecule has 0 aromatic heterocycles. The van der Waals surface area contributed by atoms with Crippen LogP contribution in [0.1, 0.15) is 33.6 Å². The van der Waals surface area contributed by atoms with E-state index in [2.05, 4.69) is 32.9 Å². The van der Waals surface area contributed by atoms with Gasteiger partial charge >= 0.3 is 0 Å². The highest BCUT2D eigenvalue weighted by Gasteiger charge is 1.93. The van der Waals surface area contributed by atoms with Crippen LogP contribution in [0.4, 0.5) is 0 Å². The quantitative estimate of drug-likeness (QED) is 0.607. The maximum absolute atomic E-state index is 5.43. The highest BCUT2D eigenvalue weighted by Crippen LogP contribution is 2.05. The van der Waals surface area contributed by atoms with Gasteiger partial charge in [0, 0.05) is 0 Å². The first kappa shape index (κ1) is 10.7. The molecule has 66 valence electrons. The second-order valence-electron chi connectivity index (χ2n) is 3.61. The first-order chi connectivity index (χ1) is 5.16. The maximum atomic E-state index is 5.43. The fourth-order valence-corrected chi connectivity index (χ4v) is 0.942. The smallest absolute Gasteiger partial charge is 0.00718 e. The van der Waals surface area contributed by atoms with E-state index in [-0.39, 0.29) is 0 Å². The Kier molecular flexibility index (Phi) is 6.24. The summed E-state index contributed by atoms with van der Waals surface area (Å²) in [6.07, 6.45) is 6.83. The lowest BCUT2D eigenvalue weighted by atomic mass is 10.0. The molecular weight excluding hydrogens is 134 g/mol. The molecule has 2 N–H and O–H groups in total. The Morgan fingerprint density at radius 1 is 1.27 bits per heavy atom. The van der Waals surface area contributed by atoms with Crippen molar-refractivity contribution in [1.82, 2.24) is 0 Å². The zero-order chi connectivity index (χ0) is 8.69. The third-order valence-corrected chi connectivity index (χ3v) is 1.69. The van der Waals surface area contributed by atoms with Crippen LogP contribution in [0, 0.1) is 11.8 Å². The predicted molar refractivity (Wildman–Crippen MR) is 51.4 cm³/mol. The summed E-state index contributed by atoms with van der Waals surface area (Å²) in [6.45, 7) is 7.48. The molecule has 0 aliphatic rings. The van der Waals surface area contributed by atoms with E-state index >= 15 is 0 Å². The number of hydrogen-bond acceptors (Lipinski definition) is 1. The molecule has 0 amide bonds. The molecule has 0 rings (SSSR count). The average Bonchev–Trinajstić information content (AvgIpc) is 1.87.